The first-order valence-electron chi connectivity index (χ1n) is 12.8. The lowest BCUT2D eigenvalue weighted by atomic mass is 10.1. The number of carbonyl (C=O) groups excluding carboxylic acids is 1. The molecule has 5 rings (SSSR count). The molecule has 3 heterocycles. The zero-order valence-corrected chi connectivity index (χ0v) is 22.6. The average molecular weight is 560 g/mol. The molecule has 10 nitrogen and oxygen atoms in total. The fraction of sp³-hybridized carbons (Fsp3) is 0.207. The van der Waals surface area contributed by atoms with Gasteiger partial charge >= 0.3 is 0 Å². The molecule has 0 unspecified atom stereocenters. The summed E-state index contributed by atoms with van der Waals surface area (Å²) in [7, 11) is 1.56. The number of fused-ring (bicyclic) bond motifs is 1. The largest absolute Gasteiger partial charge is 0.494 e. The van der Waals surface area contributed by atoms with Gasteiger partial charge in [0.25, 0.3) is 0 Å². The third-order valence-corrected chi connectivity index (χ3v) is 6.01. The predicted molar refractivity (Wildman–Crippen MR) is 150 cm³/mol. The highest BCUT2D eigenvalue weighted by atomic mass is 19.1. The van der Waals surface area contributed by atoms with E-state index in [1.165, 1.54) is 23.7 Å². The van der Waals surface area contributed by atoms with Crippen LogP contribution in [0, 0.1) is 11.6 Å². The molecule has 210 valence electrons. The third kappa shape index (κ3) is 6.28. The minimum absolute atomic E-state index is 0.124. The molecule has 2 aromatic carbocycles. The SMILES string of the molecule is CCOc1cc(F)c(Cn2nc(-c3nc(COC)cc(Nc4ccnc(NC(C)=O)c4)n3)c3ccccc32)c(F)c1. The number of aromatic nitrogens is 5. The summed E-state index contributed by atoms with van der Waals surface area (Å²) in [5.41, 5.74) is 2.16. The Balaban J connectivity index is 1.55. The predicted octanol–water partition coefficient (Wildman–Crippen LogP) is 5.46. The monoisotopic (exact) mass is 559 g/mol. The number of methoxy groups -OCH3 is 1. The van der Waals surface area contributed by atoms with Crippen molar-refractivity contribution in [2.75, 3.05) is 24.4 Å². The van der Waals surface area contributed by atoms with Crippen LogP contribution < -0.4 is 15.4 Å². The Kier molecular flexibility index (Phi) is 8.11. The number of halogens is 2. The van der Waals surface area contributed by atoms with Gasteiger partial charge in [0, 0.05) is 61.1 Å². The van der Waals surface area contributed by atoms with Gasteiger partial charge in [-0.2, -0.15) is 5.10 Å². The molecule has 41 heavy (non-hydrogen) atoms. The van der Waals surface area contributed by atoms with Gasteiger partial charge in [-0.05, 0) is 19.1 Å². The Bertz CT molecular complexity index is 1700. The number of anilines is 3. The van der Waals surface area contributed by atoms with Crippen molar-refractivity contribution in [3.63, 3.8) is 0 Å². The number of para-hydroxylation sites is 1. The number of hydrogen-bond donors (Lipinski definition) is 2. The lowest BCUT2D eigenvalue weighted by molar-refractivity contribution is -0.114. The zero-order chi connectivity index (χ0) is 28.9. The molecule has 0 atom stereocenters. The van der Waals surface area contributed by atoms with Crippen molar-refractivity contribution in [1.29, 1.82) is 0 Å². The second kappa shape index (κ2) is 12.0. The van der Waals surface area contributed by atoms with Crippen molar-refractivity contribution in [2.45, 2.75) is 27.0 Å². The van der Waals surface area contributed by atoms with Crippen molar-refractivity contribution in [1.82, 2.24) is 24.7 Å². The van der Waals surface area contributed by atoms with Crippen LogP contribution >= 0.6 is 0 Å². The molecular weight excluding hydrogens is 532 g/mol. The first-order chi connectivity index (χ1) is 19.8. The molecule has 1 amide bonds. The highest BCUT2D eigenvalue weighted by Crippen LogP contribution is 2.30. The molecule has 0 radical (unpaired) electrons. The minimum Gasteiger partial charge on any atom is -0.494 e. The van der Waals surface area contributed by atoms with Crippen molar-refractivity contribution in [2.24, 2.45) is 0 Å². The summed E-state index contributed by atoms with van der Waals surface area (Å²) < 4.78 is 41.9. The number of rotatable bonds is 10. The number of pyridine rings is 1. The number of ether oxygens (including phenoxy) is 2. The molecule has 0 aliphatic rings. The summed E-state index contributed by atoms with van der Waals surface area (Å²) in [6.07, 6.45) is 1.56. The number of amides is 1. The molecule has 12 heteroatoms. The normalized spacial score (nSPS) is 11.0. The summed E-state index contributed by atoms with van der Waals surface area (Å²) >= 11 is 0. The molecule has 0 aliphatic heterocycles. The van der Waals surface area contributed by atoms with E-state index in [0.29, 0.717) is 52.0 Å². The van der Waals surface area contributed by atoms with E-state index in [1.807, 2.05) is 24.3 Å². The number of nitrogens with zero attached hydrogens (tertiary/aromatic N) is 5. The molecule has 0 aliphatic carbocycles. The smallest absolute Gasteiger partial charge is 0.222 e. The van der Waals surface area contributed by atoms with Gasteiger partial charge in [-0.3, -0.25) is 9.48 Å². The van der Waals surface area contributed by atoms with Crippen molar-refractivity contribution < 1.29 is 23.0 Å². The molecule has 0 fully saturated rings. The van der Waals surface area contributed by atoms with Crippen LogP contribution in [-0.2, 0) is 22.7 Å². The van der Waals surface area contributed by atoms with Crippen LogP contribution in [0.25, 0.3) is 22.4 Å². The van der Waals surface area contributed by atoms with Gasteiger partial charge < -0.3 is 20.1 Å². The van der Waals surface area contributed by atoms with E-state index in [9.17, 15) is 13.6 Å². The van der Waals surface area contributed by atoms with Gasteiger partial charge in [0.2, 0.25) is 5.91 Å². The molecular formula is C29H27F2N7O3. The van der Waals surface area contributed by atoms with E-state index in [1.54, 1.807) is 38.4 Å². The Hall–Kier alpha value is -4.97. The Morgan fingerprint density at radius 1 is 1.02 bits per heavy atom. The van der Waals surface area contributed by atoms with Crippen LogP contribution in [0.5, 0.6) is 5.75 Å². The quantitative estimate of drug-likeness (QED) is 0.232. The second-order valence-corrected chi connectivity index (χ2v) is 9.06. The van der Waals surface area contributed by atoms with Gasteiger partial charge in [-0.1, -0.05) is 18.2 Å². The summed E-state index contributed by atoms with van der Waals surface area (Å²) in [4.78, 5) is 24.9. The lowest BCUT2D eigenvalue weighted by Crippen LogP contribution is -2.08. The molecule has 5 aromatic rings. The van der Waals surface area contributed by atoms with E-state index in [-0.39, 0.29) is 30.4 Å². The van der Waals surface area contributed by atoms with Crippen LogP contribution in [0.15, 0.2) is 60.8 Å². The standard InChI is InChI=1S/C29H27F2N7O3/c1-4-41-20-13-23(30)22(24(31)14-20)15-38-25-8-6-5-7-21(25)28(37-38)29-35-19(16-40-3)12-27(36-29)34-18-9-10-32-26(11-18)33-17(2)39/h5-14H,4,15-16H2,1-3H3,(H2,32,33,34,35,36,39). The highest BCUT2D eigenvalue weighted by molar-refractivity contribution is 5.92. The third-order valence-electron chi connectivity index (χ3n) is 6.01. The van der Waals surface area contributed by atoms with E-state index >= 15 is 0 Å². The Morgan fingerprint density at radius 2 is 1.80 bits per heavy atom. The maximum Gasteiger partial charge on any atom is 0.222 e. The highest BCUT2D eigenvalue weighted by Gasteiger charge is 2.19. The molecule has 0 bridgehead atoms. The first kappa shape index (κ1) is 27.6. The minimum atomic E-state index is -0.726. The van der Waals surface area contributed by atoms with Crippen LogP contribution in [0.2, 0.25) is 0 Å². The number of carbonyl (C=O) groups is 1. The van der Waals surface area contributed by atoms with Crippen LogP contribution in [0.3, 0.4) is 0 Å². The van der Waals surface area contributed by atoms with Crippen molar-refractivity contribution in [3.05, 3.63) is 83.7 Å². The number of nitrogens with one attached hydrogen (secondary N) is 2. The topological polar surface area (TPSA) is 116 Å². The molecule has 2 N–H and O–H groups in total. The Morgan fingerprint density at radius 3 is 2.54 bits per heavy atom. The van der Waals surface area contributed by atoms with E-state index in [4.69, 9.17) is 14.6 Å². The Labute approximate surface area is 234 Å². The van der Waals surface area contributed by atoms with E-state index in [2.05, 4.69) is 25.6 Å². The van der Waals surface area contributed by atoms with Crippen molar-refractivity contribution >= 4 is 34.1 Å². The van der Waals surface area contributed by atoms with Crippen LogP contribution in [0.1, 0.15) is 25.1 Å². The van der Waals surface area contributed by atoms with E-state index < -0.39 is 11.6 Å². The fourth-order valence-electron chi connectivity index (χ4n) is 4.34. The molecule has 3 aromatic heterocycles. The molecule has 0 saturated heterocycles. The zero-order valence-electron chi connectivity index (χ0n) is 22.6. The lowest BCUT2D eigenvalue weighted by Gasteiger charge is -2.10. The van der Waals surface area contributed by atoms with Crippen LogP contribution in [0.4, 0.5) is 26.1 Å². The fourth-order valence-corrected chi connectivity index (χ4v) is 4.34. The van der Waals surface area contributed by atoms with E-state index in [0.717, 1.165) is 0 Å². The first-order valence-corrected chi connectivity index (χ1v) is 12.8. The summed E-state index contributed by atoms with van der Waals surface area (Å²) in [5, 5.41) is 11.3. The second-order valence-electron chi connectivity index (χ2n) is 9.06. The molecule has 0 saturated carbocycles. The van der Waals surface area contributed by atoms with Crippen LogP contribution in [-0.4, -0.2) is 44.4 Å². The van der Waals surface area contributed by atoms with Gasteiger partial charge in [0.15, 0.2) is 5.82 Å². The average Bonchev–Trinajstić information content (AvgIpc) is 3.29. The number of hydrogen-bond acceptors (Lipinski definition) is 8. The van der Waals surface area contributed by atoms with Gasteiger partial charge in [0.1, 0.15) is 34.7 Å². The van der Waals surface area contributed by atoms with Crippen molar-refractivity contribution in [3.8, 4) is 17.3 Å². The maximum atomic E-state index is 14.9. The van der Waals surface area contributed by atoms with Gasteiger partial charge in [0.05, 0.1) is 31.0 Å². The molecule has 0 spiro atoms. The van der Waals surface area contributed by atoms with Gasteiger partial charge in [-0.15, -0.1) is 0 Å². The summed E-state index contributed by atoms with van der Waals surface area (Å²) in [5.74, 6) is -0.448. The van der Waals surface area contributed by atoms with Gasteiger partial charge in [-0.25, -0.2) is 23.7 Å². The maximum absolute atomic E-state index is 14.9. The number of benzene rings is 2. The summed E-state index contributed by atoms with van der Waals surface area (Å²) in [6.45, 7) is 3.49. The summed E-state index contributed by atoms with van der Waals surface area (Å²) in [6, 6.07) is 14.8.